The van der Waals surface area contributed by atoms with E-state index in [4.69, 9.17) is 5.73 Å². The summed E-state index contributed by atoms with van der Waals surface area (Å²) < 4.78 is 0. The molecule has 1 aromatic carbocycles. The molecule has 1 amide bonds. The highest BCUT2D eigenvalue weighted by Gasteiger charge is 2.12. The molecule has 96 valence electrons. The van der Waals surface area contributed by atoms with Gasteiger partial charge in [0.2, 0.25) is 0 Å². The Morgan fingerprint density at radius 3 is 2.83 bits per heavy atom. The lowest BCUT2D eigenvalue weighted by atomic mass is 10.0. The predicted molar refractivity (Wildman–Crippen MR) is 74.3 cm³/mol. The average Bonchev–Trinajstić information content (AvgIpc) is 2.36. The van der Waals surface area contributed by atoms with Gasteiger partial charge in [0.15, 0.2) is 0 Å². The van der Waals surface area contributed by atoms with Crippen LogP contribution in [0.25, 0.3) is 0 Å². The number of rotatable bonds is 3. The van der Waals surface area contributed by atoms with Gasteiger partial charge in [-0.15, -0.1) is 0 Å². The lowest BCUT2D eigenvalue weighted by Crippen LogP contribution is -2.32. The Morgan fingerprint density at radius 1 is 1.50 bits per heavy atom. The maximum absolute atomic E-state index is 12.1. The molecule has 0 bridgehead atoms. The first kappa shape index (κ1) is 14.3. The van der Waals surface area contributed by atoms with Crippen molar-refractivity contribution in [1.82, 2.24) is 5.32 Å². The van der Waals surface area contributed by atoms with Crippen molar-refractivity contribution in [3.63, 3.8) is 0 Å². The normalized spacial score (nSPS) is 11.3. The molecule has 0 saturated heterocycles. The second-order valence-electron chi connectivity index (χ2n) is 4.34. The Morgan fingerprint density at radius 2 is 2.22 bits per heavy atom. The maximum atomic E-state index is 12.1. The van der Waals surface area contributed by atoms with Crippen LogP contribution in [0.3, 0.4) is 0 Å². The largest absolute Gasteiger partial charge is 0.350 e. The third-order valence-electron chi connectivity index (χ3n) is 2.73. The van der Waals surface area contributed by atoms with E-state index < -0.39 is 0 Å². The number of carbonyl (C=O) groups is 1. The van der Waals surface area contributed by atoms with E-state index in [0.29, 0.717) is 12.1 Å². The number of hydrogen-bond acceptors (Lipinski definition) is 2. The number of nitrogens with two attached hydrogens (primary N) is 1. The molecule has 0 aliphatic carbocycles. The van der Waals surface area contributed by atoms with Gasteiger partial charge in [-0.25, -0.2) is 0 Å². The van der Waals surface area contributed by atoms with E-state index >= 15 is 0 Å². The van der Waals surface area contributed by atoms with Crippen molar-refractivity contribution in [3.8, 4) is 11.8 Å². The summed E-state index contributed by atoms with van der Waals surface area (Å²) in [7, 11) is 0. The van der Waals surface area contributed by atoms with Crippen molar-refractivity contribution in [2.45, 2.75) is 33.2 Å². The number of amides is 1. The molecule has 3 heteroatoms. The Labute approximate surface area is 109 Å². The highest BCUT2D eigenvalue weighted by molar-refractivity contribution is 5.97. The van der Waals surface area contributed by atoms with E-state index in [2.05, 4.69) is 17.2 Å². The van der Waals surface area contributed by atoms with Crippen LogP contribution >= 0.6 is 0 Å². The highest BCUT2D eigenvalue weighted by Crippen LogP contribution is 2.11. The zero-order valence-electron chi connectivity index (χ0n) is 11.2. The molecule has 0 spiro atoms. The molecule has 18 heavy (non-hydrogen) atoms. The molecule has 1 rings (SSSR count). The summed E-state index contributed by atoms with van der Waals surface area (Å²) in [6, 6.07) is 5.80. The third-order valence-corrected chi connectivity index (χ3v) is 2.73. The fourth-order valence-electron chi connectivity index (χ4n) is 1.51. The van der Waals surface area contributed by atoms with Crippen molar-refractivity contribution in [2.75, 3.05) is 6.54 Å². The molecule has 0 heterocycles. The van der Waals surface area contributed by atoms with E-state index in [1.165, 1.54) is 0 Å². The maximum Gasteiger partial charge on any atom is 0.252 e. The smallest absolute Gasteiger partial charge is 0.252 e. The molecule has 0 aromatic heterocycles. The summed E-state index contributed by atoms with van der Waals surface area (Å²) in [6.07, 6.45) is 0.904. The van der Waals surface area contributed by atoms with Gasteiger partial charge in [0.25, 0.3) is 5.91 Å². The van der Waals surface area contributed by atoms with Gasteiger partial charge in [-0.1, -0.05) is 24.8 Å². The number of carbonyl (C=O) groups excluding carboxylic acids is 1. The molecular formula is C15H20N2O. The zero-order chi connectivity index (χ0) is 13.5. The van der Waals surface area contributed by atoms with Gasteiger partial charge < -0.3 is 11.1 Å². The summed E-state index contributed by atoms with van der Waals surface area (Å²) in [5.74, 6) is 5.66. The minimum atomic E-state index is -0.0781. The fourth-order valence-corrected chi connectivity index (χ4v) is 1.51. The van der Waals surface area contributed by atoms with Crippen LogP contribution in [0.1, 0.15) is 41.8 Å². The number of aryl methyl sites for hydroxylation is 1. The van der Waals surface area contributed by atoms with Crippen LogP contribution in [0.2, 0.25) is 0 Å². The monoisotopic (exact) mass is 244 g/mol. The molecule has 0 aliphatic heterocycles. The van der Waals surface area contributed by atoms with Crippen LogP contribution in [0.4, 0.5) is 0 Å². The van der Waals surface area contributed by atoms with Crippen molar-refractivity contribution >= 4 is 5.91 Å². The molecule has 0 fully saturated rings. The van der Waals surface area contributed by atoms with E-state index in [0.717, 1.165) is 17.5 Å². The van der Waals surface area contributed by atoms with Crippen LogP contribution in [-0.4, -0.2) is 18.5 Å². The average molecular weight is 244 g/mol. The van der Waals surface area contributed by atoms with Crippen LogP contribution in [-0.2, 0) is 0 Å². The summed E-state index contributed by atoms with van der Waals surface area (Å²) >= 11 is 0. The minimum Gasteiger partial charge on any atom is -0.350 e. The predicted octanol–water partition coefficient (Wildman–Crippen LogP) is 1.83. The first-order valence-corrected chi connectivity index (χ1v) is 6.19. The third kappa shape index (κ3) is 3.90. The van der Waals surface area contributed by atoms with Crippen molar-refractivity contribution in [3.05, 3.63) is 34.9 Å². The first-order chi connectivity index (χ1) is 8.58. The number of benzene rings is 1. The second kappa shape index (κ2) is 6.83. The second-order valence-corrected chi connectivity index (χ2v) is 4.34. The van der Waals surface area contributed by atoms with Crippen LogP contribution in [0.5, 0.6) is 0 Å². The highest BCUT2D eigenvalue weighted by atomic mass is 16.1. The number of hydrogen-bond donors (Lipinski definition) is 2. The lowest BCUT2D eigenvalue weighted by Gasteiger charge is -2.12. The van der Waals surface area contributed by atoms with Gasteiger partial charge in [-0.2, -0.15) is 0 Å². The number of nitrogens with one attached hydrogen (secondary N) is 1. The lowest BCUT2D eigenvalue weighted by molar-refractivity contribution is 0.0939. The van der Waals surface area contributed by atoms with E-state index in [1.54, 1.807) is 0 Å². The Hall–Kier alpha value is -1.79. The Kier molecular flexibility index (Phi) is 5.41. The molecular weight excluding hydrogens is 224 g/mol. The fraction of sp³-hybridized carbons (Fsp3) is 0.400. The van der Waals surface area contributed by atoms with Crippen LogP contribution < -0.4 is 11.1 Å². The molecule has 0 aliphatic rings. The van der Waals surface area contributed by atoms with E-state index in [1.807, 2.05) is 39.0 Å². The van der Waals surface area contributed by atoms with Crippen LogP contribution in [0, 0.1) is 18.8 Å². The van der Waals surface area contributed by atoms with Gasteiger partial charge in [-0.3, -0.25) is 4.79 Å². The zero-order valence-corrected chi connectivity index (χ0v) is 11.2. The van der Waals surface area contributed by atoms with Gasteiger partial charge in [0, 0.05) is 11.6 Å². The Bertz CT molecular complexity index is 483. The Balaban J connectivity index is 3.03. The summed E-state index contributed by atoms with van der Waals surface area (Å²) in [5, 5.41) is 2.94. The molecule has 3 nitrogen and oxygen atoms in total. The van der Waals surface area contributed by atoms with Crippen molar-refractivity contribution < 1.29 is 4.79 Å². The SMILES string of the molecule is CCC(C)NC(=O)c1ccc(C)cc1C#CCN. The van der Waals surface area contributed by atoms with Gasteiger partial charge in [0.05, 0.1) is 12.1 Å². The van der Waals surface area contributed by atoms with Gasteiger partial charge >= 0.3 is 0 Å². The van der Waals surface area contributed by atoms with Crippen LogP contribution in [0.15, 0.2) is 18.2 Å². The van der Waals surface area contributed by atoms with Gasteiger partial charge in [-0.05, 0) is 38.0 Å². The molecule has 1 unspecified atom stereocenters. The molecule has 1 aromatic rings. The van der Waals surface area contributed by atoms with Crippen molar-refractivity contribution in [1.29, 1.82) is 0 Å². The minimum absolute atomic E-state index is 0.0781. The summed E-state index contributed by atoms with van der Waals surface area (Å²) in [5.41, 5.74) is 7.80. The summed E-state index contributed by atoms with van der Waals surface area (Å²) in [4.78, 5) is 12.1. The molecule has 0 saturated carbocycles. The topological polar surface area (TPSA) is 55.1 Å². The summed E-state index contributed by atoms with van der Waals surface area (Å²) in [6.45, 7) is 6.29. The molecule has 0 radical (unpaired) electrons. The first-order valence-electron chi connectivity index (χ1n) is 6.19. The standard InChI is InChI=1S/C15H20N2O/c1-4-12(3)17-15(18)14-8-7-11(2)10-13(14)6-5-9-16/h7-8,10,12H,4,9,16H2,1-3H3,(H,17,18). The van der Waals surface area contributed by atoms with Gasteiger partial charge in [0.1, 0.15) is 0 Å². The van der Waals surface area contributed by atoms with Crippen molar-refractivity contribution in [2.24, 2.45) is 5.73 Å². The molecule has 1 atom stereocenters. The quantitative estimate of drug-likeness (QED) is 0.797. The van der Waals surface area contributed by atoms with E-state index in [9.17, 15) is 4.79 Å². The van der Waals surface area contributed by atoms with E-state index in [-0.39, 0.29) is 11.9 Å². The molecule has 3 N–H and O–H groups in total.